The first kappa shape index (κ1) is 13.6. The molecule has 1 unspecified atom stereocenters. The van der Waals surface area contributed by atoms with Gasteiger partial charge < -0.3 is 11.1 Å². The Morgan fingerprint density at radius 1 is 1.28 bits per heavy atom. The predicted molar refractivity (Wildman–Crippen MR) is 77.7 cm³/mol. The van der Waals surface area contributed by atoms with E-state index >= 15 is 0 Å². The Hall–Kier alpha value is -0.860. The van der Waals surface area contributed by atoms with Crippen LogP contribution in [-0.4, -0.2) is 19.1 Å². The molecule has 18 heavy (non-hydrogen) atoms. The standard InChI is InChI=1S/C16H26N2/c1-3-13(2)15(11-17)18-12-16(9-10-16)14-7-5-4-6-8-14/h4-8,13,15,18H,3,9-12,17H2,1-2H3/t13?,15-/m1/s1. The van der Waals surface area contributed by atoms with E-state index in [1.54, 1.807) is 0 Å². The molecule has 0 amide bonds. The summed E-state index contributed by atoms with van der Waals surface area (Å²) in [5.41, 5.74) is 7.75. The van der Waals surface area contributed by atoms with Crippen LogP contribution in [0.15, 0.2) is 30.3 Å². The molecule has 1 aliphatic rings. The van der Waals surface area contributed by atoms with E-state index in [1.807, 2.05) is 0 Å². The lowest BCUT2D eigenvalue weighted by atomic mass is 9.94. The fourth-order valence-electron chi connectivity index (χ4n) is 2.64. The minimum Gasteiger partial charge on any atom is -0.329 e. The average Bonchev–Trinajstić information content (AvgIpc) is 3.21. The Balaban J connectivity index is 1.94. The lowest BCUT2D eigenvalue weighted by Gasteiger charge is -2.26. The monoisotopic (exact) mass is 246 g/mol. The fourth-order valence-corrected chi connectivity index (χ4v) is 2.64. The van der Waals surface area contributed by atoms with Crippen molar-refractivity contribution in [3.05, 3.63) is 35.9 Å². The van der Waals surface area contributed by atoms with E-state index < -0.39 is 0 Å². The Kier molecular flexibility index (Phi) is 4.41. The fraction of sp³-hybridized carbons (Fsp3) is 0.625. The summed E-state index contributed by atoms with van der Waals surface area (Å²) >= 11 is 0. The van der Waals surface area contributed by atoms with Gasteiger partial charge in [0.05, 0.1) is 0 Å². The van der Waals surface area contributed by atoms with Crippen molar-refractivity contribution in [1.29, 1.82) is 0 Å². The van der Waals surface area contributed by atoms with Crippen LogP contribution in [0.1, 0.15) is 38.7 Å². The van der Waals surface area contributed by atoms with Crippen LogP contribution >= 0.6 is 0 Å². The van der Waals surface area contributed by atoms with Gasteiger partial charge in [0, 0.05) is 24.5 Å². The van der Waals surface area contributed by atoms with Crippen molar-refractivity contribution in [2.45, 2.75) is 44.6 Å². The molecule has 2 heteroatoms. The number of hydrogen-bond acceptors (Lipinski definition) is 2. The van der Waals surface area contributed by atoms with Crippen LogP contribution in [0.5, 0.6) is 0 Å². The number of nitrogens with one attached hydrogen (secondary N) is 1. The van der Waals surface area contributed by atoms with Crippen molar-refractivity contribution < 1.29 is 0 Å². The molecule has 0 saturated heterocycles. The zero-order valence-corrected chi connectivity index (χ0v) is 11.7. The van der Waals surface area contributed by atoms with E-state index in [-0.39, 0.29) is 0 Å². The van der Waals surface area contributed by atoms with Crippen LogP contribution in [0.25, 0.3) is 0 Å². The maximum absolute atomic E-state index is 5.88. The van der Waals surface area contributed by atoms with Crippen molar-refractivity contribution in [2.24, 2.45) is 11.7 Å². The Morgan fingerprint density at radius 3 is 2.44 bits per heavy atom. The van der Waals surface area contributed by atoms with Gasteiger partial charge in [0.2, 0.25) is 0 Å². The molecule has 1 aromatic carbocycles. The van der Waals surface area contributed by atoms with Crippen LogP contribution in [0.4, 0.5) is 0 Å². The van der Waals surface area contributed by atoms with Crippen molar-refractivity contribution in [3.8, 4) is 0 Å². The molecule has 1 saturated carbocycles. The van der Waals surface area contributed by atoms with E-state index in [0.29, 0.717) is 17.4 Å². The molecule has 100 valence electrons. The lowest BCUT2D eigenvalue weighted by Crippen LogP contribution is -2.44. The van der Waals surface area contributed by atoms with E-state index in [2.05, 4.69) is 49.5 Å². The SMILES string of the molecule is CCC(C)[C@@H](CN)NCC1(c2ccccc2)CC1. The van der Waals surface area contributed by atoms with Crippen LogP contribution < -0.4 is 11.1 Å². The summed E-state index contributed by atoms with van der Waals surface area (Å²) in [6.45, 7) is 6.33. The lowest BCUT2D eigenvalue weighted by molar-refractivity contribution is 0.359. The van der Waals surface area contributed by atoms with Crippen LogP contribution in [0, 0.1) is 5.92 Å². The van der Waals surface area contributed by atoms with E-state index in [1.165, 1.54) is 24.8 Å². The highest BCUT2D eigenvalue weighted by atomic mass is 15.0. The molecular weight excluding hydrogens is 220 g/mol. The smallest absolute Gasteiger partial charge is 0.0216 e. The van der Waals surface area contributed by atoms with Gasteiger partial charge in [-0.15, -0.1) is 0 Å². The van der Waals surface area contributed by atoms with Gasteiger partial charge in [0.25, 0.3) is 0 Å². The summed E-state index contributed by atoms with van der Waals surface area (Å²) in [5.74, 6) is 0.654. The third-order valence-corrected chi connectivity index (χ3v) is 4.53. The van der Waals surface area contributed by atoms with Crippen molar-refractivity contribution in [3.63, 3.8) is 0 Å². The van der Waals surface area contributed by atoms with Gasteiger partial charge >= 0.3 is 0 Å². The van der Waals surface area contributed by atoms with Gasteiger partial charge in [0.15, 0.2) is 0 Å². The quantitative estimate of drug-likeness (QED) is 0.776. The predicted octanol–water partition coefficient (Wildman–Crippen LogP) is 2.68. The van der Waals surface area contributed by atoms with Gasteiger partial charge in [-0.2, -0.15) is 0 Å². The highest BCUT2D eigenvalue weighted by Gasteiger charge is 2.44. The average molecular weight is 246 g/mol. The molecule has 1 aliphatic carbocycles. The minimum atomic E-state index is 0.391. The maximum Gasteiger partial charge on any atom is 0.0216 e. The number of nitrogens with two attached hydrogens (primary N) is 1. The molecule has 0 bridgehead atoms. The molecule has 3 N–H and O–H groups in total. The highest BCUT2D eigenvalue weighted by Crippen LogP contribution is 2.47. The summed E-state index contributed by atoms with van der Waals surface area (Å²) in [4.78, 5) is 0. The Labute approximate surface area is 111 Å². The van der Waals surface area contributed by atoms with Crippen LogP contribution in [0.3, 0.4) is 0 Å². The van der Waals surface area contributed by atoms with Crippen LogP contribution in [-0.2, 0) is 5.41 Å². The molecule has 0 heterocycles. The summed E-state index contributed by atoms with van der Waals surface area (Å²) in [6.07, 6.45) is 3.80. The second kappa shape index (κ2) is 5.85. The first-order chi connectivity index (χ1) is 8.72. The first-order valence-electron chi connectivity index (χ1n) is 7.21. The van der Waals surface area contributed by atoms with E-state index in [4.69, 9.17) is 5.73 Å². The normalized spacial score (nSPS) is 20.4. The molecular formula is C16H26N2. The Morgan fingerprint density at radius 2 is 1.94 bits per heavy atom. The molecule has 2 atom stereocenters. The third kappa shape index (κ3) is 2.93. The van der Waals surface area contributed by atoms with E-state index in [9.17, 15) is 0 Å². The molecule has 0 radical (unpaired) electrons. The summed E-state index contributed by atoms with van der Waals surface area (Å²) in [6, 6.07) is 11.4. The van der Waals surface area contributed by atoms with Crippen molar-refractivity contribution >= 4 is 0 Å². The highest BCUT2D eigenvalue weighted by molar-refractivity contribution is 5.31. The molecule has 1 aromatic rings. The first-order valence-corrected chi connectivity index (χ1v) is 7.21. The topological polar surface area (TPSA) is 38.0 Å². The molecule has 2 nitrogen and oxygen atoms in total. The third-order valence-electron chi connectivity index (χ3n) is 4.53. The van der Waals surface area contributed by atoms with Gasteiger partial charge in [-0.3, -0.25) is 0 Å². The van der Waals surface area contributed by atoms with E-state index in [0.717, 1.165) is 13.1 Å². The molecule has 1 fully saturated rings. The number of benzene rings is 1. The molecule has 0 aromatic heterocycles. The second-order valence-corrected chi connectivity index (χ2v) is 5.75. The summed E-state index contributed by atoms with van der Waals surface area (Å²) in [7, 11) is 0. The molecule has 0 aliphatic heterocycles. The van der Waals surface area contributed by atoms with Gasteiger partial charge in [-0.25, -0.2) is 0 Å². The van der Waals surface area contributed by atoms with Crippen molar-refractivity contribution in [2.75, 3.05) is 13.1 Å². The zero-order valence-electron chi connectivity index (χ0n) is 11.7. The summed E-state index contributed by atoms with van der Waals surface area (Å²) in [5, 5.41) is 3.70. The van der Waals surface area contributed by atoms with Gasteiger partial charge in [-0.1, -0.05) is 50.6 Å². The van der Waals surface area contributed by atoms with Gasteiger partial charge in [-0.05, 0) is 24.3 Å². The number of hydrogen-bond donors (Lipinski definition) is 2. The number of rotatable bonds is 7. The molecule has 2 rings (SSSR count). The Bertz CT molecular complexity index is 357. The zero-order chi connectivity index (χ0) is 13.0. The maximum atomic E-state index is 5.88. The second-order valence-electron chi connectivity index (χ2n) is 5.75. The van der Waals surface area contributed by atoms with Gasteiger partial charge in [0.1, 0.15) is 0 Å². The summed E-state index contributed by atoms with van der Waals surface area (Å²) < 4.78 is 0. The minimum absolute atomic E-state index is 0.391. The van der Waals surface area contributed by atoms with Crippen LogP contribution in [0.2, 0.25) is 0 Å². The van der Waals surface area contributed by atoms with Crippen molar-refractivity contribution in [1.82, 2.24) is 5.32 Å². The molecule has 0 spiro atoms. The largest absolute Gasteiger partial charge is 0.329 e.